The molecular weight excluding hydrogens is 234 g/mol. The van der Waals surface area contributed by atoms with Crippen LogP contribution in [0.25, 0.3) is 10.9 Å². The van der Waals surface area contributed by atoms with Crippen LogP contribution in [0.4, 0.5) is 0 Å². The zero-order chi connectivity index (χ0) is 14.0. The summed E-state index contributed by atoms with van der Waals surface area (Å²) < 4.78 is 0. The van der Waals surface area contributed by atoms with Gasteiger partial charge in [-0.1, -0.05) is 31.6 Å². The van der Waals surface area contributed by atoms with Crippen molar-refractivity contribution in [3.05, 3.63) is 47.4 Å². The second kappa shape index (κ2) is 5.24. The Morgan fingerprint density at radius 2 is 2.26 bits per heavy atom. The summed E-state index contributed by atoms with van der Waals surface area (Å²) in [5.41, 5.74) is 4.21. The highest BCUT2D eigenvalue weighted by Gasteiger charge is 2.16. The Balaban J connectivity index is 2.53. The van der Waals surface area contributed by atoms with Gasteiger partial charge < -0.3 is 10.1 Å². The molecule has 0 spiro atoms. The number of para-hydroxylation sites is 1. The highest BCUT2D eigenvalue weighted by molar-refractivity contribution is 5.89. The number of H-pyrrole nitrogens is 1. The van der Waals surface area contributed by atoms with E-state index in [4.69, 9.17) is 6.42 Å². The highest BCUT2D eigenvalue weighted by Crippen LogP contribution is 2.29. The van der Waals surface area contributed by atoms with Crippen LogP contribution in [0.3, 0.4) is 0 Å². The smallest absolute Gasteiger partial charge is 0.0885 e. The van der Waals surface area contributed by atoms with E-state index in [0.717, 1.165) is 35.0 Å². The Morgan fingerprint density at radius 1 is 1.53 bits per heavy atom. The number of terminal acetylenes is 1. The van der Waals surface area contributed by atoms with Gasteiger partial charge in [0.2, 0.25) is 0 Å². The number of fused-ring (bicyclic) bond motifs is 1. The molecule has 1 unspecified atom stereocenters. The molecule has 1 aromatic heterocycles. The first kappa shape index (κ1) is 13.3. The molecule has 19 heavy (non-hydrogen) atoms. The summed E-state index contributed by atoms with van der Waals surface area (Å²) in [4.78, 5) is 3.36. The number of aliphatic hydroxyl groups excluding tert-OH is 1. The fourth-order valence-electron chi connectivity index (χ4n) is 2.53. The van der Waals surface area contributed by atoms with Gasteiger partial charge in [-0.15, -0.1) is 6.42 Å². The largest absolute Gasteiger partial charge is 0.513 e. The normalized spacial score (nSPS) is 12.3. The molecule has 2 N–H and O–H groups in total. The number of hydrogen-bond donors (Lipinski definition) is 2. The Kier molecular flexibility index (Phi) is 3.66. The Morgan fingerprint density at radius 3 is 2.84 bits per heavy atom. The Labute approximate surface area is 114 Å². The molecule has 0 amide bonds. The van der Waals surface area contributed by atoms with E-state index in [1.165, 1.54) is 5.56 Å². The minimum atomic E-state index is 0.0900. The first-order valence-electron chi connectivity index (χ1n) is 6.53. The van der Waals surface area contributed by atoms with Crippen molar-refractivity contribution >= 4 is 10.9 Å². The maximum Gasteiger partial charge on any atom is 0.0885 e. The van der Waals surface area contributed by atoms with Crippen LogP contribution in [-0.2, 0) is 6.42 Å². The maximum atomic E-state index is 9.64. The van der Waals surface area contributed by atoms with Gasteiger partial charge in [0.25, 0.3) is 0 Å². The third-order valence-corrected chi connectivity index (χ3v) is 3.72. The van der Waals surface area contributed by atoms with E-state index in [2.05, 4.69) is 30.5 Å². The van der Waals surface area contributed by atoms with Crippen molar-refractivity contribution in [2.24, 2.45) is 5.92 Å². The first-order chi connectivity index (χ1) is 9.08. The molecule has 1 aromatic carbocycles. The number of nitrogens with one attached hydrogen (secondary N) is 1. The van der Waals surface area contributed by atoms with E-state index in [1.54, 1.807) is 0 Å². The Hall–Kier alpha value is -2.14. The molecule has 2 rings (SSSR count). The third-order valence-electron chi connectivity index (χ3n) is 3.72. The van der Waals surface area contributed by atoms with Crippen LogP contribution in [0.5, 0.6) is 0 Å². The SMILES string of the molecule is C#Cc1cccc2c(CC(CC)C(=C)O)c(C)[nH]c12. The molecule has 0 aliphatic heterocycles. The second-order valence-corrected chi connectivity index (χ2v) is 4.90. The van der Waals surface area contributed by atoms with E-state index in [9.17, 15) is 5.11 Å². The summed E-state index contributed by atoms with van der Waals surface area (Å²) in [5, 5.41) is 10.8. The topological polar surface area (TPSA) is 36.0 Å². The summed E-state index contributed by atoms with van der Waals surface area (Å²) in [7, 11) is 0. The van der Waals surface area contributed by atoms with E-state index in [-0.39, 0.29) is 11.7 Å². The molecule has 0 aliphatic carbocycles. The van der Waals surface area contributed by atoms with Crippen molar-refractivity contribution in [3.8, 4) is 12.3 Å². The monoisotopic (exact) mass is 253 g/mol. The molecule has 2 nitrogen and oxygen atoms in total. The standard InChI is InChI=1S/C17H19NO/c1-5-13-8-7-9-15-16(11(3)18-17(13)15)10-14(6-2)12(4)19/h1,7-9,14,18-19H,4,6,10H2,2-3H3. The fraction of sp³-hybridized carbons (Fsp3) is 0.294. The molecule has 1 heterocycles. The van der Waals surface area contributed by atoms with Crippen molar-refractivity contribution in [2.45, 2.75) is 26.7 Å². The third kappa shape index (κ3) is 2.37. The average Bonchev–Trinajstić information content (AvgIpc) is 2.71. The highest BCUT2D eigenvalue weighted by atomic mass is 16.3. The minimum Gasteiger partial charge on any atom is -0.513 e. The van der Waals surface area contributed by atoms with Crippen molar-refractivity contribution < 1.29 is 5.11 Å². The minimum absolute atomic E-state index is 0.0900. The van der Waals surface area contributed by atoms with Gasteiger partial charge in [0, 0.05) is 22.6 Å². The number of hydrogen-bond acceptors (Lipinski definition) is 1. The molecule has 0 fully saturated rings. The van der Waals surface area contributed by atoms with Crippen LogP contribution in [0.1, 0.15) is 30.2 Å². The zero-order valence-corrected chi connectivity index (χ0v) is 11.5. The molecule has 0 bridgehead atoms. The van der Waals surface area contributed by atoms with Crippen molar-refractivity contribution in [2.75, 3.05) is 0 Å². The van der Waals surface area contributed by atoms with Gasteiger partial charge in [-0.25, -0.2) is 0 Å². The van der Waals surface area contributed by atoms with Gasteiger partial charge in [0.05, 0.1) is 11.3 Å². The molecule has 0 saturated heterocycles. The van der Waals surface area contributed by atoms with Gasteiger partial charge in [-0.05, 0) is 31.4 Å². The number of allylic oxidation sites excluding steroid dienone is 1. The van der Waals surface area contributed by atoms with Crippen molar-refractivity contribution in [3.63, 3.8) is 0 Å². The van der Waals surface area contributed by atoms with E-state index < -0.39 is 0 Å². The molecule has 2 heteroatoms. The van der Waals surface area contributed by atoms with Crippen LogP contribution in [-0.4, -0.2) is 10.1 Å². The summed E-state index contributed by atoms with van der Waals surface area (Å²) in [6.45, 7) is 7.77. The number of aromatic amines is 1. The summed E-state index contributed by atoms with van der Waals surface area (Å²) in [6, 6.07) is 5.98. The quantitative estimate of drug-likeness (QED) is 0.624. The first-order valence-corrected chi connectivity index (χ1v) is 6.53. The average molecular weight is 253 g/mol. The summed E-state index contributed by atoms with van der Waals surface area (Å²) >= 11 is 0. The number of benzene rings is 1. The van der Waals surface area contributed by atoms with Gasteiger partial charge in [-0.3, -0.25) is 0 Å². The molecule has 0 saturated carbocycles. The molecule has 2 aromatic rings. The summed E-state index contributed by atoms with van der Waals surface area (Å²) in [5.74, 6) is 3.05. The van der Waals surface area contributed by atoms with Gasteiger partial charge in [-0.2, -0.15) is 0 Å². The lowest BCUT2D eigenvalue weighted by Gasteiger charge is -2.13. The lowest BCUT2D eigenvalue weighted by molar-refractivity contribution is 0.325. The van der Waals surface area contributed by atoms with Crippen molar-refractivity contribution in [1.82, 2.24) is 4.98 Å². The fourth-order valence-corrected chi connectivity index (χ4v) is 2.53. The molecular formula is C17H19NO. The van der Waals surface area contributed by atoms with Crippen LogP contribution < -0.4 is 0 Å². The van der Waals surface area contributed by atoms with Crippen LogP contribution in [0, 0.1) is 25.2 Å². The molecule has 0 radical (unpaired) electrons. The number of aromatic nitrogens is 1. The van der Waals surface area contributed by atoms with Gasteiger partial charge in [0.1, 0.15) is 0 Å². The lowest BCUT2D eigenvalue weighted by Crippen LogP contribution is -2.06. The van der Waals surface area contributed by atoms with E-state index >= 15 is 0 Å². The Bertz CT molecular complexity index is 658. The number of aryl methyl sites for hydroxylation is 1. The van der Waals surface area contributed by atoms with Gasteiger partial charge >= 0.3 is 0 Å². The van der Waals surface area contributed by atoms with Crippen LogP contribution >= 0.6 is 0 Å². The van der Waals surface area contributed by atoms with Crippen LogP contribution in [0.15, 0.2) is 30.5 Å². The van der Waals surface area contributed by atoms with E-state index in [0.29, 0.717) is 0 Å². The number of rotatable bonds is 4. The maximum absolute atomic E-state index is 9.64. The molecule has 98 valence electrons. The number of aliphatic hydroxyl groups is 1. The predicted molar refractivity (Wildman–Crippen MR) is 80.2 cm³/mol. The molecule has 0 aliphatic rings. The van der Waals surface area contributed by atoms with Crippen molar-refractivity contribution in [1.29, 1.82) is 0 Å². The molecule has 1 atom stereocenters. The second-order valence-electron chi connectivity index (χ2n) is 4.90. The predicted octanol–water partition coefficient (Wildman–Crippen LogP) is 4.10. The van der Waals surface area contributed by atoms with Gasteiger partial charge in [0.15, 0.2) is 0 Å². The zero-order valence-electron chi connectivity index (χ0n) is 11.5. The van der Waals surface area contributed by atoms with Crippen LogP contribution in [0.2, 0.25) is 0 Å². The van der Waals surface area contributed by atoms with E-state index in [1.807, 2.05) is 19.1 Å². The lowest BCUT2D eigenvalue weighted by atomic mass is 9.93. The summed E-state index contributed by atoms with van der Waals surface area (Å²) in [6.07, 6.45) is 7.18.